The zero-order valence-corrected chi connectivity index (χ0v) is 12.3. The van der Waals surface area contributed by atoms with Gasteiger partial charge in [-0.1, -0.05) is 12.1 Å². The summed E-state index contributed by atoms with van der Waals surface area (Å²) in [7, 11) is 3.15. The predicted octanol–water partition coefficient (Wildman–Crippen LogP) is 1.06. The summed E-state index contributed by atoms with van der Waals surface area (Å²) in [5.41, 5.74) is 1.95. The molecule has 20 heavy (non-hydrogen) atoms. The Kier molecular flexibility index (Phi) is 7.04. The maximum absolute atomic E-state index is 11.8. The van der Waals surface area contributed by atoms with Crippen molar-refractivity contribution in [2.45, 2.75) is 25.9 Å². The van der Waals surface area contributed by atoms with Gasteiger partial charge in [0.2, 0.25) is 5.91 Å². The van der Waals surface area contributed by atoms with Gasteiger partial charge < -0.3 is 19.9 Å². The van der Waals surface area contributed by atoms with Crippen LogP contribution in [0.4, 0.5) is 0 Å². The highest BCUT2D eigenvalue weighted by Gasteiger charge is 2.07. The van der Waals surface area contributed by atoms with Crippen molar-refractivity contribution in [3.63, 3.8) is 0 Å². The van der Waals surface area contributed by atoms with Gasteiger partial charge in [-0.05, 0) is 30.5 Å². The summed E-state index contributed by atoms with van der Waals surface area (Å²) in [5, 5.41) is 12.2. The minimum Gasteiger partial charge on any atom is -0.496 e. The summed E-state index contributed by atoms with van der Waals surface area (Å²) in [4.78, 5) is 11.8. The van der Waals surface area contributed by atoms with Crippen LogP contribution in [0, 0.1) is 6.92 Å². The Morgan fingerprint density at radius 1 is 1.40 bits per heavy atom. The molecule has 2 N–H and O–H groups in total. The largest absolute Gasteiger partial charge is 0.496 e. The summed E-state index contributed by atoms with van der Waals surface area (Å²) >= 11 is 0. The van der Waals surface area contributed by atoms with Crippen LogP contribution < -0.4 is 10.1 Å². The summed E-state index contributed by atoms with van der Waals surface area (Å²) in [5.74, 6) is 0.714. The molecule has 5 nitrogen and oxygen atoms in total. The molecule has 1 amide bonds. The second-order valence-electron chi connectivity index (χ2n) is 4.73. The third-order valence-electron chi connectivity index (χ3n) is 3.00. The van der Waals surface area contributed by atoms with Gasteiger partial charge in [-0.3, -0.25) is 4.79 Å². The van der Waals surface area contributed by atoms with Crippen molar-refractivity contribution in [3.8, 4) is 5.75 Å². The third kappa shape index (κ3) is 5.59. The second kappa shape index (κ2) is 8.55. The molecule has 0 saturated heterocycles. The Labute approximate surface area is 119 Å². The van der Waals surface area contributed by atoms with Gasteiger partial charge in [-0.2, -0.15) is 0 Å². The molecule has 0 aliphatic rings. The van der Waals surface area contributed by atoms with Crippen molar-refractivity contribution in [1.29, 1.82) is 0 Å². The Morgan fingerprint density at radius 2 is 2.15 bits per heavy atom. The van der Waals surface area contributed by atoms with E-state index in [1.54, 1.807) is 7.11 Å². The van der Waals surface area contributed by atoms with E-state index in [2.05, 4.69) is 5.32 Å². The van der Waals surface area contributed by atoms with Crippen LogP contribution in [0.1, 0.15) is 17.5 Å². The maximum atomic E-state index is 11.8. The van der Waals surface area contributed by atoms with Gasteiger partial charge in [-0.25, -0.2) is 0 Å². The number of amides is 1. The van der Waals surface area contributed by atoms with Crippen molar-refractivity contribution >= 4 is 5.91 Å². The maximum Gasteiger partial charge on any atom is 0.224 e. The molecule has 0 heterocycles. The lowest BCUT2D eigenvalue weighted by Crippen LogP contribution is -2.29. The molecule has 0 saturated carbocycles. The molecule has 1 rings (SSSR count). The number of hydrogen-bond acceptors (Lipinski definition) is 4. The highest BCUT2D eigenvalue weighted by molar-refractivity contribution is 5.78. The molecule has 0 spiro atoms. The molecule has 1 atom stereocenters. The number of aliphatic hydroxyl groups excluding tert-OH is 1. The molecule has 1 aromatic carbocycles. The van der Waals surface area contributed by atoms with Crippen LogP contribution in [0.15, 0.2) is 18.2 Å². The van der Waals surface area contributed by atoms with E-state index in [-0.39, 0.29) is 12.5 Å². The molecule has 0 fully saturated rings. The Balaban J connectivity index is 2.39. The molecule has 0 aliphatic carbocycles. The Hall–Kier alpha value is -1.59. The molecular formula is C15H23NO4. The molecule has 5 heteroatoms. The summed E-state index contributed by atoms with van der Waals surface area (Å²) in [6, 6.07) is 5.72. The number of rotatable bonds is 8. The number of ether oxygens (including phenoxy) is 2. The number of methoxy groups -OCH3 is 2. The summed E-state index contributed by atoms with van der Waals surface area (Å²) < 4.78 is 10.0. The van der Waals surface area contributed by atoms with Crippen molar-refractivity contribution < 1.29 is 19.4 Å². The van der Waals surface area contributed by atoms with Crippen LogP contribution in [0.25, 0.3) is 0 Å². The van der Waals surface area contributed by atoms with Crippen molar-refractivity contribution in [2.75, 3.05) is 27.4 Å². The van der Waals surface area contributed by atoms with E-state index in [1.807, 2.05) is 25.1 Å². The molecule has 112 valence electrons. The van der Waals surface area contributed by atoms with Crippen LogP contribution in [-0.2, 0) is 16.0 Å². The number of carbonyl (C=O) groups excluding carboxylic acids is 1. The lowest BCUT2D eigenvalue weighted by Gasteiger charge is -2.11. The first-order chi connectivity index (χ1) is 9.56. The third-order valence-corrected chi connectivity index (χ3v) is 3.00. The SMILES string of the molecule is COCC(O)CCNC(=O)Cc1ccc(C)c(OC)c1. The number of hydrogen-bond donors (Lipinski definition) is 2. The smallest absolute Gasteiger partial charge is 0.224 e. The van der Waals surface area contributed by atoms with E-state index in [0.717, 1.165) is 16.9 Å². The Bertz CT molecular complexity index is 434. The minimum atomic E-state index is -0.542. The van der Waals surface area contributed by atoms with Crippen LogP contribution in [0.2, 0.25) is 0 Å². The summed E-state index contributed by atoms with van der Waals surface area (Å²) in [6.07, 6.45) is 0.244. The predicted molar refractivity (Wildman–Crippen MR) is 76.9 cm³/mol. The van der Waals surface area contributed by atoms with E-state index in [9.17, 15) is 9.90 Å². The molecule has 0 bridgehead atoms. The zero-order valence-electron chi connectivity index (χ0n) is 12.3. The standard InChI is InChI=1S/C15H23NO4/c1-11-4-5-12(8-14(11)20-3)9-15(18)16-7-6-13(17)10-19-2/h4-5,8,13,17H,6-7,9-10H2,1-3H3,(H,16,18). The van der Waals surface area contributed by atoms with Gasteiger partial charge in [0.15, 0.2) is 0 Å². The van der Waals surface area contributed by atoms with Gasteiger partial charge in [0, 0.05) is 13.7 Å². The van der Waals surface area contributed by atoms with Gasteiger partial charge >= 0.3 is 0 Å². The van der Waals surface area contributed by atoms with Crippen LogP contribution in [0.3, 0.4) is 0 Å². The molecule has 0 aromatic heterocycles. The van der Waals surface area contributed by atoms with Gasteiger partial charge in [0.05, 0.1) is 26.2 Å². The van der Waals surface area contributed by atoms with Crippen LogP contribution in [0.5, 0.6) is 5.75 Å². The van der Waals surface area contributed by atoms with E-state index in [1.165, 1.54) is 7.11 Å². The second-order valence-corrected chi connectivity index (χ2v) is 4.73. The summed E-state index contributed by atoms with van der Waals surface area (Å²) in [6.45, 7) is 2.68. The number of nitrogens with one attached hydrogen (secondary N) is 1. The highest BCUT2D eigenvalue weighted by Crippen LogP contribution is 2.19. The van der Waals surface area contributed by atoms with Crippen LogP contribution in [-0.4, -0.2) is 44.5 Å². The molecule has 0 aliphatic heterocycles. The first-order valence-electron chi connectivity index (χ1n) is 6.64. The van der Waals surface area contributed by atoms with Gasteiger partial charge in [-0.15, -0.1) is 0 Å². The van der Waals surface area contributed by atoms with Crippen LogP contribution >= 0.6 is 0 Å². The molecule has 1 unspecified atom stereocenters. The number of aryl methyl sites for hydroxylation is 1. The lowest BCUT2D eigenvalue weighted by molar-refractivity contribution is -0.120. The Morgan fingerprint density at radius 3 is 2.80 bits per heavy atom. The number of benzene rings is 1. The quantitative estimate of drug-likeness (QED) is 0.747. The first kappa shape index (κ1) is 16.5. The van der Waals surface area contributed by atoms with Gasteiger partial charge in [0.25, 0.3) is 0 Å². The molecule has 0 radical (unpaired) electrons. The lowest BCUT2D eigenvalue weighted by atomic mass is 10.1. The van der Waals surface area contributed by atoms with Gasteiger partial charge in [0.1, 0.15) is 5.75 Å². The normalized spacial score (nSPS) is 12.0. The fraction of sp³-hybridized carbons (Fsp3) is 0.533. The topological polar surface area (TPSA) is 67.8 Å². The minimum absolute atomic E-state index is 0.0690. The zero-order chi connectivity index (χ0) is 15.0. The van der Waals surface area contributed by atoms with Crippen molar-refractivity contribution in [2.24, 2.45) is 0 Å². The number of aliphatic hydroxyl groups is 1. The average molecular weight is 281 g/mol. The monoisotopic (exact) mass is 281 g/mol. The van der Waals surface area contributed by atoms with E-state index in [4.69, 9.17) is 9.47 Å². The molecule has 1 aromatic rings. The first-order valence-corrected chi connectivity index (χ1v) is 6.64. The van der Waals surface area contributed by atoms with E-state index in [0.29, 0.717) is 19.4 Å². The highest BCUT2D eigenvalue weighted by atomic mass is 16.5. The van der Waals surface area contributed by atoms with Crippen molar-refractivity contribution in [1.82, 2.24) is 5.32 Å². The molecular weight excluding hydrogens is 258 g/mol. The van der Waals surface area contributed by atoms with Crippen molar-refractivity contribution in [3.05, 3.63) is 29.3 Å². The average Bonchev–Trinajstić information content (AvgIpc) is 2.41. The fourth-order valence-electron chi connectivity index (χ4n) is 1.88. The number of carbonyl (C=O) groups is 1. The van der Waals surface area contributed by atoms with E-state index < -0.39 is 6.10 Å². The fourth-order valence-corrected chi connectivity index (χ4v) is 1.88. The van der Waals surface area contributed by atoms with E-state index >= 15 is 0 Å².